The van der Waals surface area contributed by atoms with E-state index < -0.39 is 46.5 Å². The van der Waals surface area contributed by atoms with Crippen molar-refractivity contribution >= 4 is 31.8 Å². The number of phenols is 2. The molecule has 0 radical (unpaired) electrons. The van der Waals surface area contributed by atoms with Gasteiger partial charge in [-0.15, -0.1) is 0 Å². The van der Waals surface area contributed by atoms with Crippen LogP contribution in [0.25, 0.3) is 0 Å². The van der Waals surface area contributed by atoms with Crippen molar-refractivity contribution in [3.05, 3.63) is 11.1 Å². The first-order valence-corrected chi connectivity index (χ1v) is 6.91. The second-order valence-electron chi connectivity index (χ2n) is 2.83. The van der Waals surface area contributed by atoms with Gasteiger partial charge >= 0.3 is 59.1 Å². The van der Waals surface area contributed by atoms with Gasteiger partial charge in [-0.1, -0.05) is 11.6 Å². The van der Waals surface area contributed by atoms with E-state index in [1.165, 1.54) is 0 Å². The molecule has 100 valence electrons. The molecule has 0 aliphatic heterocycles. The standard InChI is InChI=1S/C6H5ClO8S2.2Na.2H/c7-4-2(16(10,11)12)1-3(17(13,14)15)5(8)6(4)9;;;;/h1,8-9H,(H,10,11,12)(H,13,14,15);;;;/q;2*+1;2*-1. The van der Waals surface area contributed by atoms with Crippen molar-refractivity contribution in [1.29, 1.82) is 0 Å². The molecule has 0 fully saturated rings. The van der Waals surface area contributed by atoms with Gasteiger partial charge < -0.3 is 13.1 Å². The van der Waals surface area contributed by atoms with Crippen LogP contribution in [-0.4, -0.2) is 36.2 Å². The molecule has 1 rings (SSSR count). The van der Waals surface area contributed by atoms with Crippen molar-refractivity contribution in [3.8, 4) is 11.5 Å². The molecule has 19 heavy (non-hydrogen) atoms. The van der Waals surface area contributed by atoms with Gasteiger partial charge in [0, 0.05) is 0 Å². The summed E-state index contributed by atoms with van der Waals surface area (Å²) in [7, 11) is -9.93. The van der Waals surface area contributed by atoms with Crippen LogP contribution in [0.4, 0.5) is 0 Å². The Labute approximate surface area is 160 Å². The third kappa shape index (κ3) is 5.00. The van der Waals surface area contributed by atoms with E-state index in [2.05, 4.69) is 0 Å². The number of rotatable bonds is 2. The number of halogens is 1. The Morgan fingerprint density at radius 3 is 1.58 bits per heavy atom. The van der Waals surface area contributed by atoms with Crippen LogP contribution in [-0.2, 0) is 20.2 Å². The van der Waals surface area contributed by atoms with Gasteiger partial charge in [-0.3, -0.25) is 9.11 Å². The summed E-state index contributed by atoms with van der Waals surface area (Å²) in [6, 6.07) is 0.210. The zero-order valence-electron chi connectivity index (χ0n) is 11.7. The molecule has 0 saturated heterocycles. The van der Waals surface area contributed by atoms with Crippen molar-refractivity contribution < 1.29 is 98.1 Å². The SMILES string of the molecule is O=S(=O)(O)c1cc(S(=O)(=O)O)c(Cl)c(O)c1O.[H-].[H-].[Na+].[Na+]. The molecule has 0 aliphatic carbocycles. The van der Waals surface area contributed by atoms with Gasteiger partial charge in [0.05, 0.1) is 0 Å². The third-order valence-electron chi connectivity index (χ3n) is 1.70. The second kappa shape index (κ2) is 7.27. The van der Waals surface area contributed by atoms with E-state index >= 15 is 0 Å². The molecule has 0 amide bonds. The third-order valence-corrected chi connectivity index (χ3v) is 3.94. The van der Waals surface area contributed by atoms with E-state index in [1.807, 2.05) is 0 Å². The molecular formula is C6H7ClNa2O8S2. The second-order valence-corrected chi connectivity index (χ2v) is 5.99. The monoisotopic (exact) mass is 352 g/mol. The average molecular weight is 353 g/mol. The number of hydrogen-bond donors (Lipinski definition) is 4. The number of aromatic hydroxyl groups is 2. The summed E-state index contributed by atoms with van der Waals surface area (Å²) in [4.78, 5) is -2.46. The summed E-state index contributed by atoms with van der Waals surface area (Å²) < 4.78 is 60.5. The smallest absolute Gasteiger partial charge is 1.00 e. The Morgan fingerprint density at radius 2 is 1.26 bits per heavy atom. The van der Waals surface area contributed by atoms with Crippen molar-refractivity contribution in [2.45, 2.75) is 9.79 Å². The van der Waals surface area contributed by atoms with Crippen molar-refractivity contribution in [1.82, 2.24) is 0 Å². The Hall–Kier alpha value is 0.930. The van der Waals surface area contributed by atoms with Crippen LogP contribution in [0.1, 0.15) is 2.85 Å². The van der Waals surface area contributed by atoms with Crippen LogP contribution in [0.3, 0.4) is 0 Å². The molecule has 0 saturated carbocycles. The van der Waals surface area contributed by atoms with Crippen LogP contribution in [0.2, 0.25) is 5.02 Å². The fourth-order valence-electron chi connectivity index (χ4n) is 0.972. The molecule has 0 heterocycles. The Morgan fingerprint density at radius 1 is 0.895 bits per heavy atom. The molecule has 8 nitrogen and oxygen atoms in total. The molecule has 1 aromatic rings. The number of phenolic OH excluding ortho intramolecular Hbond substituents is 2. The number of hydrogen-bond acceptors (Lipinski definition) is 6. The first kappa shape index (κ1) is 22.2. The van der Waals surface area contributed by atoms with E-state index in [-0.39, 0.29) is 68.0 Å². The van der Waals surface area contributed by atoms with Gasteiger partial charge in [0.2, 0.25) is 0 Å². The Bertz CT molecular complexity index is 637. The Kier molecular flexibility index (Phi) is 8.50. The van der Waals surface area contributed by atoms with Gasteiger partial charge in [-0.25, -0.2) is 0 Å². The maximum Gasteiger partial charge on any atom is 1.00 e. The topological polar surface area (TPSA) is 149 Å². The minimum atomic E-state index is -5.00. The molecule has 13 heteroatoms. The maximum atomic E-state index is 10.8. The molecule has 4 N–H and O–H groups in total. The fourth-order valence-corrected chi connectivity index (χ4v) is 2.68. The van der Waals surface area contributed by atoms with E-state index in [0.717, 1.165) is 0 Å². The van der Waals surface area contributed by atoms with E-state index in [4.69, 9.17) is 30.9 Å². The van der Waals surface area contributed by atoms with Gasteiger partial charge in [0.15, 0.2) is 11.5 Å². The van der Waals surface area contributed by atoms with Crippen LogP contribution in [0.15, 0.2) is 15.9 Å². The molecule has 0 atom stereocenters. The Balaban J connectivity index is -0.000000361. The van der Waals surface area contributed by atoms with Crippen LogP contribution >= 0.6 is 11.6 Å². The predicted molar refractivity (Wildman–Crippen MR) is 56.6 cm³/mol. The van der Waals surface area contributed by atoms with Gasteiger partial charge in [0.1, 0.15) is 14.8 Å². The van der Waals surface area contributed by atoms with Crippen LogP contribution in [0, 0.1) is 0 Å². The fraction of sp³-hybridized carbons (Fsp3) is 0. The quantitative estimate of drug-likeness (QED) is 0.234. The summed E-state index contributed by atoms with van der Waals surface area (Å²) >= 11 is 5.28. The minimum Gasteiger partial charge on any atom is -1.00 e. The van der Waals surface area contributed by atoms with Crippen LogP contribution in [0.5, 0.6) is 11.5 Å². The van der Waals surface area contributed by atoms with Crippen LogP contribution < -0.4 is 59.1 Å². The first-order chi connectivity index (χ1) is 7.46. The summed E-state index contributed by atoms with van der Waals surface area (Å²) in [6.45, 7) is 0. The van der Waals surface area contributed by atoms with Gasteiger partial charge in [0.25, 0.3) is 20.2 Å². The largest absolute Gasteiger partial charge is 1.00 e. The van der Waals surface area contributed by atoms with E-state index in [0.29, 0.717) is 0 Å². The first-order valence-electron chi connectivity index (χ1n) is 3.65. The minimum absolute atomic E-state index is 0. The van der Waals surface area contributed by atoms with Crippen molar-refractivity contribution in [2.24, 2.45) is 0 Å². The van der Waals surface area contributed by atoms with Gasteiger partial charge in [-0.05, 0) is 6.07 Å². The molecule has 0 aliphatic rings. The summed E-state index contributed by atoms with van der Waals surface area (Å²) in [5.41, 5.74) is 0. The van der Waals surface area contributed by atoms with Crippen molar-refractivity contribution in [3.63, 3.8) is 0 Å². The summed E-state index contributed by atoms with van der Waals surface area (Å²) in [6.07, 6.45) is 0. The normalized spacial score (nSPS) is 11.3. The molecule has 0 aromatic heterocycles. The van der Waals surface area contributed by atoms with E-state index in [1.54, 1.807) is 0 Å². The predicted octanol–water partition coefficient (Wildman–Crippen LogP) is -5.52. The zero-order valence-corrected chi connectivity index (χ0v) is 16.1. The average Bonchev–Trinajstić information content (AvgIpc) is 2.10. The molecule has 0 bridgehead atoms. The van der Waals surface area contributed by atoms with Crippen molar-refractivity contribution in [2.75, 3.05) is 0 Å². The molecule has 1 aromatic carbocycles. The molecule has 0 unspecified atom stereocenters. The molecule has 0 spiro atoms. The summed E-state index contributed by atoms with van der Waals surface area (Å²) in [5.74, 6) is -2.63. The molecular weight excluding hydrogens is 346 g/mol. The van der Waals surface area contributed by atoms with E-state index in [9.17, 15) is 16.8 Å². The summed E-state index contributed by atoms with van der Waals surface area (Å²) in [5, 5.41) is 17.3. The maximum absolute atomic E-state index is 10.8. The van der Waals surface area contributed by atoms with Gasteiger partial charge in [-0.2, -0.15) is 16.8 Å². The zero-order chi connectivity index (χ0) is 13.6. The number of benzene rings is 1.